The van der Waals surface area contributed by atoms with Gasteiger partial charge in [0.05, 0.1) is 5.88 Å². The van der Waals surface area contributed by atoms with E-state index in [0.717, 1.165) is 25.9 Å². The fourth-order valence-electron chi connectivity index (χ4n) is 3.11. The number of pyridine rings is 1. The van der Waals surface area contributed by atoms with Crippen LogP contribution in [0.2, 0.25) is 0 Å². The van der Waals surface area contributed by atoms with E-state index in [0.29, 0.717) is 23.1 Å². The molecule has 1 aromatic heterocycles. The Bertz CT molecular complexity index is 676. The highest BCUT2D eigenvalue weighted by Gasteiger charge is 2.33. The Balaban J connectivity index is 1.68. The maximum absolute atomic E-state index is 12.6. The number of carbonyl (C=O) groups excluding carboxylic acids is 3. The summed E-state index contributed by atoms with van der Waals surface area (Å²) in [7, 11) is 0. The van der Waals surface area contributed by atoms with Crippen LogP contribution in [0.3, 0.4) is 0 Å². The first-order valence-electron chi connectivity index (χ1n) is 8.44. The highest BCUT2D eigenvalue weighted by Crippen LogP contribution is 2.22. The minimum atomic E-state index is -0.493. The molecule has 2 amide bonds. The Morgan fingerprint density at radius 1 is 1.28 bits per heavy atom. The van der Waals surface area contributed by atoms with E-state index < -0.39 is 6.04 Å². The number of Topliss-reactive ketones (excluding diaryl/α,β-unsaturated/α-hetero) is 1. The van der Waals surface area contributed by atoms with Gasteiger partial charge in [0.2, 0.25) is 11.8 Å². The van der Waals surface area contributed by atoms with Gasteiger partial charge in [0.15, 0.2) is 5.78 Å². The van der Waals surface area contributed by atoms with Gasteiger partial charge in [-0.15, -0.1) is 11.8 Å². The number of anilines is 1. The molecule has 0 aliphatic carbocycles. The van der Waals surface area contributed by atoms with Gasteiger partial charge in [-0.05, 0) is 38.1 Å². The van der Waals surface area contributed by atoms with Crippen LogP contribution >= 0.6 is 11.8 Å². The Morgan fingerprint density at radius 3 is 2.76 bits per heavy atom. The summed E-state index contributed by atoms with van der Waals surface area (Å²) in [5.41, 5.74) is 0.383. The Hall–Kier alpha value is -1.93. The second-order valence-electron chi connectivity index (χ2n) is 6.29. The van der Waals surface area contributed by atoms with Crippen LogP contribution in [0.1, 0.15) is 30.3 Å². The normalized spacial score (nSPS) is 21.2. The summed E-state index contributed by atoms with van der Waals surface area (Å²) in [6, 6.07) is 4.58. The number of hydrogen-bond acceptors (Lipinski definition) is 6. The van der Waals surface area contributed by atoms with Crippen LogP contribution in [0, 0.1) is 5.92 Å². The number of piperidine rings is 1. The first kappa shape index (κ1) is 17.9. The Labute approximate surface area is 150 Å². The molecule has 2 aliphatic heterocycles. The summed E-state index contributed by atoms with van der Waals surface area (Å²) in [6.07, 6.45) is 1.62. The molecule has 8 heteroatoms. The Morgan fingerprint density at radius 2 is 2.04 bits per heavy atom. The molecule has 3 heterocycles. The molecule has 2 aliphatic rings. The van der Waals surface area contributed by atoms with E-state index in [1.807, 2.05) is 0 Å². The number of nitrogens with zero attached hydrogens (tertiary/aromatic N) is 2. The number of aromatic nitrogens is 1. The lowest BCUT2D eigenvalue weighted by molar-refractivity contribution is -0.134. The number of nitrogens with one attached hydrogen (secondary N) is 2. The molecule has 2 N–H and O–H groups in total. The quantitative estimate of drug-likeness (QED) is 0.780. The van der Waals surface area contributed by atoms with Crippen molar-refractivity contribution in [3.63, 3.8) is 0 Å². The second-order valence-corrected chi connectivity index (χ2v) is 7.29. The number of thioether (sulfide) groups is 1. The summed E-state index contributed by atoms with van der Waals surface area (Å²) in [5.74, 6) is 1.07. The van der Waals surface area contributed by atoms with Gasteiger partial charge in [-0.25, -0.2) is 4.98 Å². The first-order chi connectivity index (χ1) is 12.1. The molecule has 1 atom stereocenters. The van der Waals surface area contributed by atoms with Crippen LogP contribution in [0.4, 0.5) is 5.82 Å². The molecule has 25 heavy (non-hydrogen) atoms. The number of rotatable bonds is 4. The van der Waals surface area contributed by atoms with Gasteiger partial charge in [-0.2, -0.15) is 0 Å². The van der Waals surface area contributed by atoms with Gasteiger partial charge in [0.25, 0.3) is 0 Å². The van der Waals surface area contributed by atoms with Crippen LogP contribution in [0.25, 0.3) is 0 Å². The topological polar surface area (TPSA) is 91.4 Å². The minimum Gasteiger partial charge on any atom is -0.321 e. The van der Waals surface area contributed by atoms with Gasteiger partial charge in [-0.3, -0.25) is 14.4 Å². The van der Waals surface area contributed by atoms with Crippen molar-refractivity contribution in [3.8, 4) is 0 Å². The lowest BCUT2D eigenvalue weighted by atomic mass is 9.92. The predicted molar refractivity (Wildman–Crippen MR) is 96.4 cm³/mol. The summed E-state index contributed by atoms with van der Waals surface area (Å²) >= 11 is 1.55. The van der Waals surface area contributed by atoms with E-state index >= 15 is 0 Å². The zero-order chi connectivity index (χ0) is 17.8. The smallest absolute Gasteiger partial charge is 0.249 e. The summed E-state index contributed by atoms with van der Waals surface area (Å²) < 4.78 is 0. The molecule has 1 aromatic rings. The van der Waals surface area contributed by atoms with E-state index in [9.17, 15) is 14.4 Å². The SMILES string of the molecule is CC(=O)N1CSCC1C(=O)Nc1cccc(C(=O)C2CCNCC2)n1. The zero-order valence-electron chi connectivity index (χ0n) is 14.2. The highest BCUT2D eigenvalue weighted by molar-refractivity contribution is 7.99. The lowest BCUT2D eigenvalue weighted by Crippen LogP contribution is -2.43. The monoisotopic (exact) mass is 362 g/mol. The number of carbonyl (C=O) groups is 3. The second kappa shape index (κ2) is 7.97. The van der Waals surface area contributed by atoms with Gasteiger partial charge in [0, 0.05) is 18.6 Å². The average Bonchev–Trinajstić information content (AvgIpc) is 3.12. The van der Waals surface area contributed by atoms with E-state index in [2.05, 4.69) is 15.6 Å². The van der Waals surface area contributed by atoms with Crippen molar-refractivity contribution in [1.82, 2.24) is 15.2 Å². The van der Waals surface area contributed by atoms with Crippen LogP contribution in [-0.4, -0.2) is 58.2 Å². The van der Waals surface area contributed by atoms with E-state index in [-0.39, 0.29) is 23.5 Å². The summed E-state index contributed by atoms with van der Waals surface area (Å²) in [5, 5.41) is 5.98. The first-order valence-corrected chi connectivity index (χ1v) is 9.59. The Kier molecular flexibility index (Phi) is 5.70. The largest absolute Gasteiger partial charge is 0.321 e. The standard InChI is InChI=1S/C17H22N4O3S/c1-11(22)21-10-25-9-14(21)17(24)20-15-4-2-3-13(19-15)16(23)12-5-7-18-8-6-12/h2-4,12,14,18H,5-10H2,1H3,(H,19,20,24). The minimum absolute atomic E-state index is 0.0147. The van der Waals surface area contributed by atoms with Crippen molar-refractivity contribution in [2.45, 2.75) is 25.8 Å². The van der Waals surface area contributed by atoms with E-state index in [1.165, 1.54) is 6.92 Å². The maximum Gasteiger partial charge on any atom is 0.249 e. The molecule has 7 nitrogen and oxygen atoms in total. The molecule has 0 spiro atoms. The van der Waals surface area contributed by atoms with Crippen LogP contribution < -0.4 is 10.6 Å². The lowest BCUT2D eigenvalue weighted by Gasteiger charge is -2.22. The average molecular weight is 362 g/mol. The third kappa shape index (κ3) is 4.19. The molecule has 0 bridgehead atoms. The maximum atomic E-state index is 12.6. The molecular formula is C17H22N4O3S. The number of hydrogen-bond donors (Lipinski definition) is 2. The van der Waals surface area contributed by atoms with Crippen molar-refractivity contribution in [1.29, 1.82) is 0 Å². The van der Waals surface area contributed by atoms with Crippen LogP contribution in [0.15, 0.2) is 18.2 Å². The van der Waals surface area contributed by atoms with E-state index in [4.69, 9.17) is 0 Å². The fourth-order valence-corrected chi connectivity index (χ4v) is 4.33. The van der Waals surface area contributed by atoms with Crippen LogP contribution in [0.5, 0.6) is 0 Å². The third-order valence-corrected chi connectivity index (χ3v) is 5.56. The van der Waals surface area contributed by atoms with Crippen molar-refractivity contribution in [3.05, 3.63) is 23.9 Å². The highest BCUT2D eigenvalue weighted by atomic mass is 32.2. The molecule has 0 radical (unpaired) electrons. The summed E-state index contributed by atoms with van der Waals surface area (Å²) in [6.45, 7) is 3.14. The third-order valence-electron chi connectivity index (χ3n) is 4.55. The molecular weight excluding hydrogens is 340 g/mol. The van der Waals surface area contributed by atoms with Gasteiger partial charge >= 0.3 is 0 Å². The van der Waals surface area contributed by atoms with Crippen molar-refractivity contribution in [2.75, 3.05) is 30.0 Å². The van der Waals surface area contributed by atoms with Gasteiger partial charge < -0.3 is 15.5 Å². The zero-order valence-corrected chi connectivity index (χ0v) is 15.0. The van der Waals surface area contributed by atoms with Crippen molar-refractivity contribution in [2.24, 2.45) is 5.92 Å². The predicted octanol–water partition coefficient (Wildman–Crippen LogP) is 1.12. The molecule has 0 saturated carbocycles. The van der Waals surface area contributed by atoms with Gasteiger partial charge in [0.1, 0.15) is 17.6 Å². The van der Waals surface area contributed by atoms with E-state index in [1.54, 1.807) is 34.9 Å². The molecule has 3 rings (SSSR count). The molecule has 134 valence electrons. The van der Waals surface area contributed by atoms with Crippen molar-refractivity contribution < 1.29 is 14.4 Å². The summed E-state index contributed by atoms with van der Waals surface area (Å²) in [4.78, 5) is 42.5. The van der Waals surface area contributed by atoms with Crippen molar-refractivity contribution >= 4 is 35.2 Å². The fraction of sp³-hybridized carbons (Fsp3) is 0.529. The molecule has 0 aromatic carbocycles. The van der Waals surface area contributed by atoms with Gasteiger partial charge in [-0.1, -0.05) is 6.07 Å². The number of ketones is 1. The number of amides is 2. The molecule has 2 fully saturated rings. The molecule has 1 unspecified atom stereocenters. The van der Waals surface area contributed by atoms with Crippen LogP contribution in [-0.2, 0) is 9.59 Å². The molecule has 2 saturated heterocycles.